The van der Waals surface area contributed by atoms with Crippen LogP contribution in [0, 0.1) is 13.8 Å². The van der Waals surface area contributed by atoms with E-state index in [0.717, 1.165) is 5.56 Å². The predicted octanol–water partition coefficient (Wildman–Crippen LogP) is 1.43. The van der Waals surface area contributed by atoms with Crippen LogP contribution in [0.25, 0.3) is 0 Å². The molecule has 22 heavy (non-hydrogen) atoms. The fraction of sp³-hybridized carbons (Fsp3) is 0.667. The number of ether oxygens (including phenoxy) is 2. The molecule has 0 saturated heterocycles. The van der Waals surface area contributed by atoms with Gasteiger partial charge in [-0.3, -0.25) is 9.59 Å². The Morgan fingerprint density at radius 1 is 1.27 bits per heavy atom. The lowest BCUT2D eigenvalue weighted by molar-refractivity contribution is -0.142. The smallest absolute Gasteiger partial charge is 0.307 e. The van der Waals surface area contributed by atoms with Crippen molar-refractivity contribution in [1.29, 1.82) is 0 Å². The van der Waals surface area contributed by atoms with E-state index in [4.69, 9.17) is 9.26 Å². The number of hydrogen-bond acceptors (Lipinski definition) is 6. The van der Waals surface area contributed by atoms with Crippen molar-refractivity contribution >= 4 is 11.9 Å². The highest BCUT2D eigenvalue weighted by molar-refractivity contribution is 5.84. The third-order valence-electron chi connectivity index (χ3n) is 3.58. The van der Waals surface area contributed by atoms with Crippen LogP contribution in [-0.4, -0.2) is 55.8 Å². The maximum atomic E-state index is 12.7. The molecule has 0 fully saturated rings. The molecule has 0 N–H and O–H groups in total. The Morgan fingerprint density at radius 3 is 2.45 bits per heavy atom. The highest BCUT2D eigenvalue weighted by Crippen LogP contribution is 2.25. The van der Waals surface area contributed by atoms with E-state index in [1.807, 2.05) is 13.8 Å². The zero-order valence-electron chi connectivity index (χ0n) is 13.8. The van der Waals surface area contributed by atoms with Gasteiger partial charge in [0.15, 0.2) is 0 Å². The summed E-state index contributed by atoms with van der Waals surface area (Å²) in [6, 6.07) is 0. The molecule has 1 heterocycles. The SMILES string of the molecule is COCCN(CCC(=O)OC)C(=O)C(C)c1c(C)noc1C. The minimum absolute atomic E-state index is 0.0876. The normalized spacial score (nSPS) is 12.0. The number of rotatable bonds is 8. The Hall–Kier alpha value is -1.89. The van der Waals surface area contributed by atoms with Crippen LogP contribution in [0.4, 0.5) is 0 Å². The molecule has 0 radical (unpaired) electrons. The summed E-state index contributed by atoms with van der Waals surface area (Å²) in [5.74, 6) is -0.186. The molecule has 7 heteroatoms. The molecule has 0 saturated carbocycles. The van der Waals surface area contributed by atoms with E-state index >= 15 is 0 Å². The van der Waals surface area contributed by atoms with Crippen LogP contribution in [0.5, 0.6) is 0 Å². The van der Waals surface area contributed by atoms with Crippen molar-refractivity contribution in [2.24, 2.45) is 0 Å². The molecule has 1 aromatic heterocycles. The fourth-order valence-corrected chi connectivity index (χ4v) is 2.37. The van der Waals surface area contributed by atoms with Crippen molar-refractivity contribution in [2.75, 3.05) is 33.9 Å². The van der Waals surface area contributed by atoms with Crippen LogP contribution in [0.15, 0.2) is 4.52 Å². The number of esters is 1. The minimum Gasteiger partial charge on any atom is -0.469 e. The monoisotopic (exact) mass is 312 g/mol. The van der Waals surface area contributed by atoms with Gasteiger partial charge in [-0.2, -0.15) is 0 Å². The lowest BCUT2D eigenvalue weighted by atomic mass is 9.98. The molecule has 1 amide bonds. The molecule has 0 spiro atoms. The zero-order valence-corrected chi connectivity index (χ0v) is 13.8. The summed E-state index contributed by atoms with van der Waals surface area (Å²) in [6.07, 6.45) is 0.153. The van der Waals surface area contributed by atoms with Crippen molar-refractivity contribution in [3.05, 3.63) is 17.0 Å². The average Bonchev–Trinajstić information content (AvgIpc) is 2.84. The first-order valence-electron chi connectivity index (χ1n) is 7.19. The summed E-state index contributed by atoms with van der Waals surface area (Å²) in [7, 11) is 2.90. The number of nitrogens with zero attached hydrogens (tertiary/aromatic N) is 2. The minimum atomic E-state index is -0.388. The van der Waals surface area contributed by atoms with Crippen LogP contribution in [-0.2, 0) is 19.1 Å². The molecule has 0 aliphatic rings. The second-order valence-electron chi connectivity index (χ2n) is 5.10. The number of hydrogen-bond donors (Lipinski definition) is 0. The molecular formula is C15H24N2O5. The molecule has 1 atom stereocenters. The highest BCUT2D eigenvalue weighted by Gasteiger charge is 2.27. The standard InChI is InChI=1S/C15H24N2O5/c1-10(14-11(2)16-22-12(14)3)15(19)17(8-9-20-4)7-6-13(18)21-5/h10H,6-9H2,1-5H3. The lowest BCUT2D eigenvalue weighted by Crippen LogP contribution is -2.38. The average molecular weight is 312 g/mol. The summed E-state index contributed by atoms with van der Waals surface area (Å²) in [4.78, 5) is 25.6. The summed E-state index contributed by atoms with van der Waals surface area (Å²) in [5, 5.41) is 3.88. The van der Waals surface area contributed by atoms with Crippen molar-refractivity contribution in [1.82, 2.24) is 10.1 Å². The number of amides is 1. The first kappa shape index (κ1) is 18.2. The van der Waals surface area contributed by atoms with E-state index in [1.54, 1.807) is 18.9 Å². The van der Waals surface area contributed by atoms with Gasteiger partial charge in [-0.25, -0.2) is 0 Å². The van der Waals surface area contributed by atoms with Gasteiger partial charge in [-0.05, 0) is 20.8 Å². The Bertz CT molecular complexity index is 493. The number of methoxy groups -OCH3 is 2. The highest BCUT2D eigenvalue weighted by atomic mass is 16.5. The molecule has 0 aliphatic heterocycles. The molecule has 0 aliphatic carbocycles. The number of aryl methyl sites for hydroxylation is 2. The fourth-order valence-electron chi connectivity index (χ4n) is 2.37. The van der Waals surface area contributed by atoms with Crippen LogP contribution < -0.4 is 0 Å². The van der Waals surface area contributed by atoms with Gasteiger partial charge < -0.3 is 18.9 Å². The maximum absolute atomic E-state index is 12.7. The van der Waals surface area contributed by atoms with Crippen molar-refractivity contribution in [2.45, 2.75) is 33.1 Å². The zero-order chi connectivity index (χ0) is 16.7. The Kier molecular flexibility index (Phi) is 7.04. The van der Waals surface area contributed by atoms with Crippen molar-refractivity contribution in [3.63, 3.8) is 0 Å². The molecule has 0 aromatic carbocycles. The third-order valence-corrected chi connectivity index (χ3v) is 3.58. The maximum Gasteiger partial charge on any atom is 0.307 e. The largest absolute Gasteiger partial charge is 0.469 e. The summed E-state index contributed by atoms with van der Waals surface area (Å²) >= 11 is 0. The quantitative estimate of drug-likeness (QED) is 0.675. The molecule has 7 nitrogen and oxygen atoms in total. The van der Waals surface area contributed by atoms with E-state index < -0.39 is 0 Å². The first-order chi connectivity index (χ1) is 10.4. The van der Waals surface area contributed by atoms with E-state index in [-0.39, 0.29) is 24.2 Å². The predicted molar refractivity (Wildman–Crippen MR) is 79.5 cm³/mol. The van der Waals surface area contributed by atoms with E-state index in [0.29, 0.717) is 31.2 Å². The lowest BCUT2D eigenvalue weighted by Gasteiger charge is -2.25. The topological polar surface area (TPSA) is 81.9 Å². The van der Waals surface area contributed by atoms with Crippen molar-refractivity contribution in [3.8, 4) is 0 Å². The Morgan fingerprint density at radius 2 is 1.95 bits per heavy atom. The molecule has 1 unspecified atom stereocenters. The Labute approximate surface area is 130 Å². The molecule has 1 rings (SSSR count). The van der Waals surface area contributed by atoms with E-state index in [2.05, 4.69) is 9.89 Å². The summed E-state index contributed by atoms with van der Waals surface area (Å²) in [5.41, 5.74) is 1.50. The third kappa shape index (κ3) is 4.56. The van der Waals surface area contributed by atoms with Crippen molar-refractivity contribution < 1.29 is 23.6 Å². The molecule has 1 aromatic rings. The number of carbonyl (C=O) groups excluding carboxylic acids is 2. The molecule has 0 bridgehead atoms. The number of aromatic nitrogens is 1. The van der Waals surface area contributed by atoms with Crippen LogP contribution in [0.2, 0.25) is 0 Å². The molecule has 124 valence electrons. The van der Waals surface area contributed by atoms with Gasteiger partial charge in [-0.1, -0.05) is 5.16 Å². The van der Waals surface area contributed by atoms with Crippen LogP contribution in [0.1, 0.15) is 36.3 Å². The first-order valence-corrected chi connectivity index (χ1v) is 7.19. The summed E-state index contributed by atoms with van der Waals surface area (Å²) in [6.45, 7) is 6.52. The van der Waals surface area contributed by atoms with Gasteiger partial charge in [0.2, 0.25) is 5.91 Å². The Balaban J connectivity index is 2.83. The van der Waals surface area contributed by atoms with Gasteiger partial charge in [0.1, 0.15) is 5.76 Å². The van der Waals surface area contributed by atoms with Gasteiger partial charge in [0, 0.05) is 25.8 Å². The second-order valence-corrected chi connectivity index (χ2v) is 5.10. The van der Waals surface area contributed by atoms with Gasteiger partial charge >= 0.3 is 5.97 Å². The second kappa shape index (κ2) is 8.53. The van der Waals surface area contributed by atoms with Crippen LogP contribution in [0.3, 0.4) is 0 Å². The molecular weight excluding hydrogens is 288 g/mol. The van der Waals surface area contributed by atoms with E-state index in [9.17, 15) is 9.59 Å². The van der Waals surface area contributed by atoms with E-state index in [1.165, 1.54) is 7.11 Å². The number of carbonyl (C=O) groups is 2. The summed E-state index contributed by atoms with van der Waals surface area (Å²) < 4.78 is 14.8. The van der Waals surface area contributed by atoms with Gasteiger partial charge in [0.25, 0.3) is 0 Å². The van der Waals surface area contributed by atoms with Gasteiger partial charge in [-0.15, -0.1) is 0 Å². The van der Waals surface area contributed by atoms with Crippen LogP contribution >= 0.6 is 0 Å². The van der Waals surface area contributed by atoms with Gasteiger partial charge in [0.05, 0.1) is 31.7 Å².